The van der Waals surface area contributed by atoms with Crippen LogP contribution < -0.4 is 0 Å². The largest absolute Gasteiger partial charge is 0.507 e. The van der Waals surface area contributed by atoms with Gasteiger partial charge in [0.15, 0.2) is 0 Å². The maximum atomic E-state index is 14.8. The first-order valence-corrected chi connectivity index (χ1v) is 9.51. The van der Waals surface area contributed by atoms with Gasteiger partial charge in [-0.25, -0.2) is 4.39 Å². The van der Waals surface area contributed by atoms with E-state index in [-0.39, 0.29) is 23.4 Å². The number of benzene rings is 2. The number of hydrogen-bond acceptors (Lipinski definition) is 4. The molecule has 1 N–H and O–H groups in total. The highest BCUT2D eigenvalue weighted by molar-refractivity contribution is 6.46. The molecule has 1 atom stereocenters. The highest BCUT2D eigenvalue weighted by Crippen LogP contribution is 2.41. The molecule has 6 heteroatoms. The molecule has 5 nitrogen and oxygen atoms in total. The lowest BCUT2D eigenvalue weighted by Crippen LogP contribution is -2.29. The molecule has 1 aromatic heterocycles. The number of rotatable bonds is 4. The Bertz CT molecular complexity index is 1160. The van der Waals surface area contributed by atoms with Crippen LogP contribution in [0.1, 0.15) is 34.1 Å². The van der Waals surface area contributed by atoms with Crippen molar-refractivity contribution in [3.63, 3.8) is 0 Å². The molecule has 1 amide bonds. The minimum absolute atomic E-state index is 0.0276. The fourth-order valence-electron chi connectivity index (χ4n) is 3.77. The second-order valence-corrected chi connectivity index (χ2v) is 7.35. The molecule has 30 heavy (non-hydrogen) atoms. The van der Waals surface area contributed by atoms with Gasteiger partial charge in [-0.3, -0.25) is 9.59 Å². The van der Waals surface area contributed by atoms with Gasteiger partial charge in [-0.2, -0.15) is 0 Å². The normalized spacial score (nSPS) is 18.2. The Morgan fingerprint density at radius 1 is 1.10 bits per heavy atom. The third-order valence-corrected chi connectivity index (χ3v) is 5.29. The molecule has 1 aliphatic rings. The van der Waals surface area contributed by atoms with Gasteiger partial charge in [0.25, 0.3) is 11.7 Å². The lowest BCUT2D eigenvalue weighted by Gasteiger charge is -2.25. The zero-order valence-corrected chi connectivity index (χ0v) is 16.6. The predicted molar refractivity (Wildman–Crippen MR) is 109 cm³/mol. The van der Waals surface area contributed by atoms with Crippen molar-refractivity contribution in [3.8, 4) is 0 Å². The average molecular weight is 405 g/mol. The number of aliphatic hydroxyl groups is 1. The quantitative estimate of drug-likeness (QED) is 0.389. The number of nitrogens with zero attached hydrogens (tertiary/aromatic N) is 1. The van der Waals surface area contributed by atoms with Crippen LogP contribution in [0.5, 0.6) is 0 Å². The van der Waals surface area contributed by atoms with E-state index in [9.17, 15) is 19.1 Å². The Hall–Kier alpha value is -3.67. The molecule has 0 radical (unpaired) electrons. The number of ketones is 1. The molecule has 0 saturated carbocycles. The predicted octanol–water partition coefficient (Wildman–Crippen LogP) is 4.66. The first kappa shape index (κ1) is 19.6. The fraction of sp³-hybridized carbons (Fsp3) is 0.167. The van der Waals surface area contributed by atoms with E-state index >= 15 is 0 Å². The fourth-order valence-corrected chi connectivity index (χ4v) is 3.77. The number of carbonyl (C=O) groups is 2. The van der Waals surface area contributed by atoms with E-state index in [1.807, 2.05) is 19.1 Å². The summed E-state index contributed by atoms with van der Waals surface area (Å²) in [5, 5.41) is 11.1. The van der Waals surface area contributed by atoms with Crippen molar-refractivity contribution in [2.24, 2.45) is 0 Å². The molecule has 4 rings (SSSR count). The lowest BCUT2D eigenvalue weighted by atomic mass is 9.93. The summed E-state index contributed by atoms with van der Waals surface area (Å²) in [5.41, 5.74) is 2.06. The molecule has 0 aliphatic carbocycles. The number of aliphatic hydroxyl groups excluding tert-OH is 1. The summed E-state index contributed by atoms with van der Waals surface area (Å²) >= 11 is 0. The Morgan fingerprint density at radius 3 is 2.57 bits per heavy atom. The number of carbonyl (C=O) groups excluding carboxylic acids is 2. The van der Waals surface area contributed by atoms with E-state index in [2.05, 4.69) is 0 Å². The Kier molecular flexibility index (Phi) is 4.99. The molecule has 1 saturated heterocycles. The summed E-state index contributed by atoms with van der Waals surface area (Å²) in [7, 11) is 0. The Labute approximate surface area is 173 Å². The van der Waals surface area contributed by atoms with Crippen LogP contribution in [0.3, 0.4) is 0 Å². The van der Waals surface area contributed by atoms with Crippen LogP contribution in [0.2, 0.25) is 0 Å². The van der Waals surface area contributed by atoms with Gasteiger partial charge in [-0.05, 0) is 43.7 Å². The van der Waals surface area contributed by atoms with Gasteiger partial charge in [0.2, 0.25) is 0 Å². The molecule has 0 bridgehead atoms. The molecule has 1 fully saturated rings. The molecule has 1 unspecified atom stereocenters. The van der Waals surface area contributed by atoms with E-state index in [0.29, 0.717) is 11.3 Å². The van der Waals surface area contributed by atoms with Crippen molar-refractivity contribution < 1.29 is 23.5 Å². The molecule has 152 valence electrons. The number of amides is 1. The van der Waals surface area contributed by atoms with E-state index in [1.165, 1.54) is 29.4 Å². The molecule has 1 aliphatic heterocycles. The SMILES string of the molecule is Cc1ccc(C)c(/C(O)=C2\C(=O)C(=O)N(Cc3ccco3)C2c2ccccc2F)c1. The van der Waals surface area contributed by atoms with Crippen LogP contribution in [-0.4, -0.2) is 21.7 Å². The number of furan rings is 1. The van der Waals surface area contributed by atoms with Crippen molar-refractivity contribution in [2.45, 2.75) is 26.4 Å². The molecular formula is C24H20FNO4. The van der Waals surface area contributed by atoms with Crippen LogP contribution in [0.4, 0.5) is 4.39 Å². The summed E-state index contributed by atoms with van der Waals surface area (Å²) in [6.45, 7) is 3.63. The number of aryl methyl sites for hydroxylation is 2. The zero-order valence-electron chi connectivity index (χ0n) is 16.6. The van der Waals surface area contributed by atoms with Crippen LogP contribution >= 0.6 is 0 Å². The molecule has 3 aromatic rings. The van der Waals surface area contributed by atoms with E-state index < -0.39 is 23.5 Å². The number of Topliss-reactive ketones (excluding diaryl/α,β-unsaturated/α-hetero) is 1. The van der Waals surface area contributed by atoms with E-state index in [1.54, 1.807) is 31.2 Å². The molecule has 2 aromatic carbocycles. The van der Waals surface area contributed by atoms with Gasteiger partial charge in [0.1, 0.15) is 17.3 Å². The van der Waals surface area contributed by atoms with E-state index in [4.69, 9.17) is 4.42 Å². The molecular weight excluding hydrogens is 385 g/mol. The maximum Gasteiger partial charge on any atom is 0.296 e. The summed E-state index contributed by atoms with van der Waals surface area (Å²) in [6, 6.07) is 13.6. The van der Waals surface area contributed by atoms with Gasteiger partial charge < -0.3 is 14.4 Å². The minimum atomic E-state index is -1.07. The third kappa shape index (κ3) is 3.30. The first-order chi connectivity index (χ1) is 14.4. The second-order valence-electron chi connectivity index (χ2n) is 7.35. The average Bonchev–Trinajstić information content (AvgIpc) is 3.32. The monoisotopic (exact) mass is 405 g/mol. The standard InChI is InChI=1S/C24H20FNO4/c1-14-9-10-15(2)18(12-14)22(27)20-21(17-7-3-4-8-19(17)25)26(24(29)23(20)28)13-16-6-5-11-30-16/h3-12,21,27H,13H2,1-2H3/b22-20+. The van der Waals surface area contributed by atoms with Gasteiger partial charge in [0, 0.05) is 11.1 Å². The number of halogens is 1. The van der Waals surface area contributed by atoms with Crippen molar-refractivity contribution in [3.05, 3.63) is 100 Å². The Balaban J connectivity index is 1.93. The lowest BCUT2D eigenvalue weighted by molar-refractivity contribution is -0.140. The van der Waals surface area contributed by atoms with Crippen LogP contribution in [0.15, 0.2) is 70.9 Å². The molecule has 0 spiro atoms. The number of likely N-dealkylation sites (tertiary alicyclic amines) is 1. The van der Waals surface area contributed by atoms with Gasteiger partial charge >= 0.3 is 0 Å². The van der Waals surface area contributed by atoms with E-state index in [0.717, 1.165) is 11.1 Å². The van der Waals surface area contributed by atoms with Gasteiger partial charge in [-0.15, -0.1) is 0 Å². The Morgan fingerprint density at radius 2 is 1.87 bits per heavy atom. The van der Waals surface area contributed by atoms with Crippen LogP contribution in [0, 0.1) is 19.7 Å². The smallest absolute Gasteiger partial charge is 0.296 e. The van der Waals surface area contributed by atoms with Crippen molar-refractivity contribution >= 4 is 17.4 Å². The summed E-state index contributed by atoms with van der Waals surface area (Å²) < 4.78 is 20.1. The van der Waals surface area contributed by atoms with Crippen LogP contribution in [0.25, 0.3) is 5.76 Å². The highest BCUT2D eigenvalue weighted by atomic mass is 19.1. The van der Waals surface area contributed by atoms with Crippen LogP contribution in [-0.2, 0) is 16.1 Å². The van der Waals surface area contributed by atoms with Gasteiger partial charge in [0.05, 0.1) is 24.4 Å². The summed E-state index contributed by atoms with van der Waals surface area (Å²) in [6.07, 6.45) is 1.46. The third-order valence-electron chi connectivity index (χ3n) is 5.29. The minimum Gasteiger partial charge on any atom is -0.507 e. The second kappa shape index (κ2) is 7.63. The zero-order chi connectivity index (χ0) is 21.4. The van der Waals surface area contributed by atoms with Crippen molar-refractivity contribution in [1.82, 2.24) is 4.90 Å². The maximum absolute atomic E-state index is 14.8. The van der Waals surface area contributed by atoms with Gasteiger partial charge in [-0.1, -0.05) is 35.9 Å². The first-order valence-electron chi connectivity index (χ1n) is 9.51. The van der Waals surface area contributed by atoms with Crippen molar-refractivity contribution in [1.29, 1.82) is 0 Å². The number of hydrogen-bond donors (Lipinski definition) is 1. The highest BCUT2D eigenvalue weighted by Gasteiger charge is 2.47. The molecule has 2 heterocycles. The summed E-state index contributed by atoms with van der Waals surface area (Å²) in [4.78, 5) is 27.1. The van der Waals surface area contributed by atoms with Crippen molar-refractivity contribution in [2.75, 3.05) is 0 Å². The summed E-state index contributed by atoms with van der Waals surface area (Å²) in [5.74, 6) is -2.10. The topological polar surface area (TPSA) is 70.8 Å².